The van der Waals surface area contributed by atoms with Gasteiger partial charge in [0.25, 0.3) is 5.91 Å². The lowest BCUT2D eigenvalue weighted by atomic mass is 9.82. The van der Waals surface area contributed by atoms with Crippen molar-refractivity contribution in [2.24, 2.45) is 5.92 Å². The second-order valence-electron chi connectivity index (χ2n) is 6.26. The molecule has 0 aliphatic carbocycles. The van der Waals surface area contributed by atoms with E-state index in [1.54, 1.807) is 12.1 Å². The fraction of sp³-hybridized carbons (Fsp3) is 0.412. The highest BCUT2D eigenvalue weighted by Crippen LogP contribution is 2.50. The lowest BCUT2D eigenvalue weighted by Crippen LogP contribution is -2.49. The normalized spacial score (nSPS) is 34.8. The van der Waals surface area contributed by atoms with E-state index in [0.717, 1.165) is 13.0 Å². The van der Waals surface area contributed by atoms with Gasteiger partial charge in [-0.15, -0.1) is 0 Å². The minimum atomic E-state index is -0.216. The van der Waals surface area contributed by atoms with Crippen molar-refractivity contribution in [3.63, 3.8) is 0 Å². The van der Waals surface area contributed by atoms with Gasteiger partial charge in [-0.2, -0.15) is 0 Å². The molecule has 4 unspecified atom stereocenters. The molecule has 22 heavy (non-hydrogen) atoms. The lowest BCUT2D eigenvalue weighted by molar-refractivity contribution is 0.00280. The third-order valence-electron chi connectivity index (χ3n) is 5.14. The smallest absolute Gasteiger partial charge is 0.257 e. The number of carbonyl (C=O) groups excluding carboxylic acids is 1. The van der Waals surface area contributed by atoms with Gasteiger partial charge in [-0.3, -0.25) is 10.1 Å². The fourth-order valence-corrected chi connectivity index (χ4v) is 4.27. The summed E-state index contributed by atoms with van der Waals surface area (Å²) >= 11 is 5.47. The highest BCUT2D eigenvalue weighted by molar-refractivity contribution is 7.80. The molecule has 4 rings (SSSR count). The molecule has 4 atom stereocenters. The van der Waals surface area contributed by atoms with E-state index in [0.29, 0.717) is 16.6 Å². The Morgan fingerprint density at radius 3 is 2.86 bits per heavy atom. The van der Waals surface area contributed by atoms with Crippen LogP contribution in [-0.2, 0) is 4.74 Å². The molecule has 0 radical (unpaired) electrons. The third kappa shape index (κ3) is 1.92. The van der Waals surface area contributed by atoms with Crippen LogP contribution in [0.1, 0.15) is 23.7 Å². The van der Waals surface area contributed by atoms with Crippen LogP contribution in [0, 0.1) is 5.92 Å². The Kier molecular flexibility index (Phi) is 3.09. The first kappa shape index (κ1) is 13.9. The molecule has 1 spiro atoms. The molecule has 2 saturated heterocycles. The number of carbonyl (C=O) groups is 1. The van der Waals surface area contributed by atoms with E-state index in [9.17, 15) is 4.79 Å². The van der Waals surface area contributed by atoms with Gasteiger partial charge < -0.3 is 9.64 Å². The quantitative estimate of drug-likeness (QED) is 0.637. The molecule has 114 valence electrons. The van der Waals surface area contributed by atoms with Crippen LogP contribution in [0.4, 0.5) is 0 Å². The first-order valence-electron chi connectivity index (χ1n) is 7.64. The minimum Gasteiger partial charge on any atom is -0.361 e. The van der Waals surface area contributed by atoms with Crippen LogP contribution < -0.4 is 5.32 Å². The van der Waals surface area contributed by atoms with Crippen molar-refractivity contribution >= 4 is 23.2 Å². The van der Waals surface area contributed by atoms with Gasteiger partial charge in [0.05, 0.1) is 12.1 Å². The first-order valence-corrected chi connectivity index (χ1v) is 8.05. The van der Waals surface area contributed by atoms with Crippen molar-refractivity contribution in [3.05, 3.63) is 48.0 Å². The highest BCUT2D eigenvalue weighted by Gasteiger charge is 2.60. The molecule has 1 aromatic rings. The number of thiocarbonyl (C=S) groups is 1. The molecule has 0 aromatic heterocycles. The summed E-state index contributed by atoms with van der Waals surface area (Å²) in [4.78, 5) is 14.3. The average Bonchev–Trinajstić information content (AvgIpc) is 3.18. The van der Waals surface area contributed by atoms with Crippen molar-refractivity contribution in [2.45, 2.75) is 31.1 Å². The number of ether oxygens (including phenoxy) is 1. The van der Waals surface area contributed by atoms with Gasteiger partial charge in [-0.1, -0.05) is 30.4 Å². The summed E-state index contributed by atoms with van der Waals surface area (Å²) in [5, 5.41) is 3.34. The molecule has 2 fully saturated rings. The van der Waals surface area contributed by atoms with Gasteiger partial charge in [0.1, 0.15) is 5.60 Å². The van der Waals surface area contributed by atoms with Crippen LogP contribution >= 0.6 is 12.2 Å². The van der Waals surface area contributed by atoms with E-state index in [1.807, 2.05) is 18.2 Å². The molecular weight excluding hydrogens is 296 g/mol. The number of hydrogen-bond acceptors (Lipinski definition) is 3. The molecule has 1 aromatic carbocycles. The van der Waals surface area contributed by atoms with E-state index < -0.39 is 0 Å². The van der Waals surface area contributed by atoms with Crippen LogP contribution in [0.2, 0.25) is 0 Å². The first-order chi connectivity index (χ1) is 10.6. The highest BCUT2D eigenvalue weighted by atomic mass is 32.1. The number of hydrogen-bond donors (Lipinski definition) is 1. The SMILES string of the molecule is CC1N(C(=S)NC(=O)c2ccccc2)CC2CC3C=CC21O3. The van der Waals surface area contributed by atoms with Crippen molar-refractivity contribution in [3.8, 4) is 0 Å². The minimum absolute atomic E-state index is 0.143. The Morgan fingerprint density at radius 2 is 2.18 bits per heavy atom. The topological polar surface area (TPSA) is 41.6 Å². The number of fused-ring (bicyclic) bond motifs is 1. The number of nitrogens with one attached hydrogen (secondary N) is 1. The van der Waals surface area contributed by atoms with Crippen LogP contribution in [0.5, 0.6) is 0 Å². The van der Waals surface area contributed by atoms with Gasteiger partial charge in [0.15, 0.2) is 5.11 Å². The summed E-state index contributed by atoms with van der Waals surface area (Å²) in [5.41, 5.74) is 0.402. The average molecular weight is 314 g/mol. The fourth-order valence-electron chi connectivity index (χ4n) is 3.95. The second-order valence-corrected chi connectivity index (χ2v) is 6.64. The third-order valence-corrected chi connectivity index (χ3v) is 5.47. The number of likely N-dealkylation sites (tertiary alicyclic amines) is 1. The largest absolute Gasteiger partial charge is 0.361 e. The summed E-state index contributed by atoms with van der Waals surface area (Å²) < 4.78 is 6.14. The zero-order valence-electron chi connectivity index (χ0n) is 12.4. The van der Waals surface area contributed by atoms with Crippen molar-refractivity contribution in [1.29, 1.82) is 0 Å². The molecule has 5 heteroatoms. The molecule has 0 saturated carbocycles. The standard InChI is InChI=1S/C17H18N2O2S/c1-11-17-8-7-14(21-17)9-13(17)10-19(11)16(22)18-15(20)12-5-3-2-4-6-12/h2-8,11,13-14H,9-10H2,1H3,(H,18,20,22). The van der Waals surface area contributed by atoms with E-state index in [2.05, 4.69) is 29.3 Å². The van der Waals surface area contributed by atoms with Crippen LogP contribution in [0.3, 0.4) is 0 Å². The van der Waals surface area contributed by atoms with Gasteiger partial charge in [0.2, 0.25) is 0 Å². The summed E-state index contributed by atoms with van der Waals surface area (Å²) in [6, 6.07) is 9.29. The maximum atomic E-state index is 12.3. The molecule has 1 amide bonds. The zero-order chi connectivity index (χ0) is 15.3. The predicted octanol–water partition coefficient (Wildman–Crippen LogP) is 2.12. The Balaban J connectivity index is 1.48. The molecule has 3 heterocycles. The van der Waals surface area contributed by atoms with Crippen molar-refractivity contribution in [2.75, 3.05) is 6.54 Å². The maximum Gasteiger partial charge on any atom is 0.257 e. The summed E-state index contributed by atoms with van der Waals surface area (Å²) in [6.07, 6.45) is 5.66. The molecular formula is C17H18N2O2S. The molecule has 2 bridgehead atoms. The molecule has 3 aliphatic heterocycles. The van der Waals surface area contributed by atoms with Crippen LogP contribution in [0.15, 0.2) is 42.5 Å². The van der Waals surface area contributed by atoms with Crippen molar-refractivity contribution in [1.82, 2.24) is 10.2 Å². The Labute approximate surface area is 135 Å². The summed E-state index contributed by atoms with van der Waals surface area (Å²) in [6.45, 7) is 2.97. The summed E-state index contributed by atoms with van der Waals surface area (Å²) in [5.74, 6) is 0.303. The van der Waals surface area contributed by atoms with Crippen LogP contribution in [-0.4, -0.2) is 40.2 Å². The van der Waals surface area contributed by atoms with Crippen molar-refractivity contribution < 1.29 is 9.53 Å². The maximum absolute atomic E-state index is 12.3. The van der Waals surface area contributed by atoms with Gasteiger partial charge in [0, 0.05) is 18.0 Å². The van der Waals surface area contributed by atoms with Crippen LogP contribution in [0.25, 0.3) is 0 Å². The Bertz CT molecular complexity index is 660. The number of amides is 1. The number of rotatable bonds is 1. The molecule has 3 aliphatic rings. The monoisotopic (exact) mass is 314 g/mol. The van der Waals surface area contributed by atoms with E-state index in [-0.39, 0.29) is 23.7 Å². The number of nitrogens with zero attached hydrogens (tertiary/aromatic N) is 1. The lowest BCUT2D eigenvalue weighted by Gasteiger charge is -2.31. The molecule has 1 N–H and O–H groups in total. The molecule has 4 nitrogen and oxygen atoms in total. The second kappa shape index (κ2) is 4.89. The zero-order valence-corrected chi connectivity index (χ0v) is 13.2. The Hall–Kier alpha value is -1.72. The van der Waals surface area contributed by atoms with E-state index in [4.69, 9.17) is 17.0 Å². The number of benzene rings is 1. The Morgan fingerprint density at radius 1 is 1.41 bits per heavy atom. The summed E-state index contributed by atoms with van der Waals surface area (Å²) in [7, 11) is 0. The van der Waals surface area contributed by atoms with Gasteiger partial charge >= 0.3 is 0 Å². The predicted molar refractivity (Wildman–Crippen MR) is 87.5 cm³/mol. The van der Waals surface area contributed by atoms with E-state index >= 15 is 0 Å². The van der Waals surface area contributed by atoms with E-state index in [1.165, 1.54) is 0 Å². The van der Waals surface area contributed by atoms with Gasteiger partial charge in [-0.05, 0) is 37.7 Å². The van der Waals surface area contributed by atoms with Gasteiger partial charge in [-0.25, -0.2) is 0 Å².